The van der Waals surface area contributed by atoms with E-state index in [1.165, 1.54) is 5.57 Å². The van der Waals surface area contributed by atoms with Gasteiger partial charge in [-0.05, 0) is 161 Å². The summed E-state index contributed by atoms with van der Waals surface area (Å²) in [6.07, 6.45) is 23.5. The molecule has 0 amide bonds. The van der Waals surface area contributed by atoms with Crippen molar-refractivity contribution in [2.45, 2.75) is 26.2 Å². The van der Waals surface area contributed by atoms with Crippen LogP contribution < -0.4 is 0 Å². The molecule has 0 spiro atoms. The summed E-state index contributed by atoms with van der Waals surface area (Å²) in [4.78, 5) is 29.7. The zero-order valence-corrected chi connectivity index (χ0v) is 37.6. The zero-order valence-electron chi connectivity index (χ0n) is 37.6. The standard InChI is InChI=1S/C61H48N6/c1-3-4-21-56(62-2)48-32-46(33-49(36-48)57-22-11-14-29-63-57)52-38-53(47-34-50(58-23-12-15-30-64-58)37-51(35-47)59-24-13-16-31-65-59)55(61-28-26-45(41-67-61)43-19-9-6-10-20-43)39-54(52)60-27-25-44(40-66-60)42-17-7-5-8-18-42/h4,6-7,9-41H,3,5,8H2,1-2H3/b21-4-,62-56?. The summed E-state index contributed by atoms with van der Waals surface area (Å²) in [7, 11) is 1.85. The number of allylic oxidation sites excluding steroid dienone is 6. The van der Waals surface area contributed by atoms with Crippen molar-refractivity contribution in [3.63, 3.8) is 0 Å². The molecule has 0 saturated carbocycles. The minimum Gasteiger partial charge on any atom is -0.288 e. The van der Waals surface area contributed by atoms with Gasteiger partial charge in [0.15, 0.2) is 0 Å². The van der Waals surface area contributed by atoms with E-state index in [4.69, 9.17) is 29.9 Å². The van der Waals surface area contributed by atoms with Gasteiger partial charge in [-0.2, -0.15) is 0 Å². The lowest BCUT2D eigenvalue weighted by molar-refractivity contribution is 1.04. The third-order valence-electron chi connectivity index (χ3n) is 12.1. The van der Waals surface area contributed by atoms with Crippen LogP contribution in [0.1, 0.15) is 37.3 Å². The van der Waals surface area contributed by atoms with Gasteiger partial charge in [-0.25, -0.2) is 0 Å². The number of aliphatic imine (C=N–C) groups is 1. The van der Waals surface area contributed by atoms with Gasteiger partial charge in [0.1, 0.15) is 0 Å². The van der Waals surface area contributed by atoms with E-state index in [2.05, 4.69) is 153 Å². The minimum absolute atomic E-state index is 0.840. The Morgan fingerprint density at radius 3 is 1.49 bits per heavy atom. The highest BCUT2D eigenvalue weighted by atomic mass is 14.7. The van der Waals surface area contributed by atoms with E-state index in [0.717, 1.165) is 126 Å². The quantitative estimate of drug-likeness (QED) is 0.114. The summed E-state index contributed by atoms with van der Waals surface area (Å²) in [5.74, 6) is 0. The number of rotatable bonds is 12. The van der Waals surface area contributed by atoms with Crippen LogP contribution in [-0.2, 0) is 0 Å². The normalized spacial score (nSPS) is 12.6. The van der Waals surface area contributed by atoms with Crippen LogP contribution >= 0.6 is 0 Å². The van der Waals surface area contributed by atoms with Crippen molar-refractivity contribution in [3.8, 4) is 89.7 Å². The number of hydrogen-bond acceptors (Lipinski definition) is 6. The predicted molar refractivity (Wildman–Crippen MR) is 277 cm³/mol. The molecule has 0 unspecified atom stereocenters. The fourth-order valence-corrected chi connectivity index (χ4v) is 8.69. The molecule has 6 heteroatoms. The number of pyridine rings is 5. The summed E-state index contributed by atoms with van der Waals surface area (Å²) in [6.45, 7) is 2.14. The van der Waals surface area contributed by atoms with Crippen LogP contribution in [0.2, 0.25) is 0 Å². The largest absolute Gasteiger partial charge is 0.288 e. The molecule has 0 fully saturated rings. The molecule has 0 saturated heterocycles. The fraction of sp³-hybridized carbons (Fsp3) is 0.0820. The highest BCUT2D eigenvalue weighted by Crippen LogP contribution is 2.44. The molecule has 0 bridgehead atoms. The summed E-state index contributed by atoms with van der Waals surface area (Å²) in [5, 5.41) is 0. The van der Waals surface area contributed by atoms with E-state index >= 15 is 0 Å². The zero-order chi connectivity index (χ0) is 45.4. The monoisotopic (exact) mass is 864 g/mol. The van der Waals surface area contributed by atoms with Crippen LogP contribution in [0, 0.1) is 0 Å². The molecule has 0 N–H and O–H groups in total. The van der Waals surface area contributed by atoms with Crippen LogP contribution in [0.4, 0.5) is 0 Å². The van der Waals surface area contributed by atoms with Crippen molar-refractivity contribution >= 4 is 11.3 Å². The van der Waals surface area contributed by atoms with Gasteiger partial charge in [0.05, 0.1) is 34.2 Å². The van der Waals surface area contributed by atoms with Gasteiger partial charge in [0.25, 0.3) is 0 Å². The lowest BCUT2D eigenvalue weighted by Crippen LogP contribution is -2.00. The Bertz CT molecular complexity index is 3230. The Morgan fingerprint density at radius 1 is 0.463 bits per heavy atom. The Labute approximate surface area is 392 Å². The van der Waals surface area contributed by atoms with Gasteiger partial charge in [0.2, 0.25) is 0 Å². The molecule has 322 valence electrons. The molecule has 67 heavy (non-hydrogen) atoms. The predicted octanol–water partition coefficient (Wildman–Crippen LogP) is 15.1. The molecule has 0 radical (unpaired) electrons. The summed E-state index contributed by atoms with van der Waals surface area (Å²) in [5.41, 5.74) is 19.6. The topological polar surface area (TPSA) is 76.8 Å². The molecule has 0 atom stereocenters. The van der Waals surface area contributed by atoms with E-state index in [0.29, 0.717) is 0 Å². The van der Waals surface area contributed by atoms with Gasteiger partial charge in [-0.3, -0.25) is 29.9 Å². The molecule has 10 rings (SSSR count). The van der Waals surface area contributed by atoms with Gasteiger partial charge >= 0.3 is 0 Å². The summed E-state index contributed by atoms with van der Waals surface area (Å²) in [6, 6.07) is 55.1. The second-order valence-corrected chi connectivity index (χ2v) is 16.5. The van der Waals surface area contributed by atoms with Crippen LogP contribution in [0.25, 0.3) is 95.2 Å². The maximum Gasteiger partial charge on any atom is 0.0708 e. The van der Waals surface area contributed by atoms with E-state index in [1.807, 2.05) is 80.5 Å². The average Bonchev–Trinajstić information content (AvgIpc) is 3.42. The second-order valence-electron chi connectivity index (χ2n) is 16.5. The van der Waals surface area contributed by atoms with Crippen molar-refractivity contribution in [3.05, 3.63) is 230 Å². The van der Waals surface area contributed by atoms with Crippen LogP contribution in [0.3, 0.4) is 0 Å². The van der Waals surface area contributed by atoms with Gasteiger partial charge < -0.3 is 0 Å². The number of aromatic nitrogens is 5. The van der Waals surface area contributed by atoms with E-state index in [1.54, 1.807) is 0 Å². The summed E-state index contributed by atoms with van der Waals surface area (Å²) >= 11 is 0. The Balaban J connectivity index is 1.28. The van der Waals surface area contributed by atoms with Crippen molar-refractivity contribution in [1.29, 1.82) is 0 Å². The first-order valence-corrected chi connectivity index (χ1v) is 22.8. The SMILES string of the molecule is CC/C=C\C(=NC)c1cc(-c2ccccn2)cc(-c2cc(-c3cc(-c4ccccn4)cc(-c4ccccn4)c3)c(-c3ccc(-c4ccccc4)cn3)cc2-c2ccc(C3=CCCC=C3)cn2)c1. The molecule has 6 nitrogen and oxygen atoms in total. The molecule has 0 aliphatic heterocycles. The highest BCUT2D eigenvalue weighted by molar-refractivity contribution is 6.10. The van der Waals surface area contributed by atoms with Gasteiger partial charge in [-0.15, -0.1) is 0 Å². The average molecular weight is 865 g/mol. The smallest absolute Gasteiger partial charge is 0.0708 e. The Kier molecular flexibility index (Phi) is 12.5. The molecule has 1 aliphatic rings. The first kappa shape index (κ1) is 42.5. The number of hydrogen-bond donors (Lipinski definition) is 0. The van der Waals surface area contributed by atoms with E-state index < -0.39 is 0 Å². The van der Waals surface area contributed by atoms with Crippen molar-refractivity contribution in [2.75, 3.05) is 7.05 Å². The first-order chi connectivity index (χ1) is 33.1. The highest BCUT2D eigenvalue weighted by Gasteiger charge is 2.21. The molecule has 1 aliphatic carbocycles. The molecular weight excluding hydrogens is 817 g/mol. The van der Waals surface area contributed by atoms with Crippen LogP contribution in [0.15, 0.2) is 224 Å². The van der Waals surface area contributed by atoms with Gasteiger partial charge in [0, 0.05) is 77.0 Å². The maximum atomic E-state index is 5.24. The van der Waals surface area contributed by atoms with Gasteiger partial charge in [-0.1, -0.05) is 91.9 Å². The van der Waals surface area contributed by atoms with Crippen molar-refractivity contribution in [2.24, 2.45) is 4.99 Å². The Morgan fingerprint density at radius 2 is 0.985 bits per heavy atom. The third-order valence-corrected chi connectivity index (χ3v) is 12.1. The fourth-order valence-electron chi connectivity index (χ4n) is 8.69. The maximum absolute atomic E-state index is 5.24. The van der Waals surface area contributed by atoms with Crippen molar-refractivity contribution < 1.29 is 0 Å². The van der Waals surface area contributed by atoms with E-state index in [-0.39, 0.29) is 0 Å². The molecule has 9 aromatic rings. The third kappa shape index (κ3) is 9.38. The van der Waals surface area contributed by atoms with Crippen LogP contribution in [0.5, 0.6) is 0 Å². The molecular formula is C61H48N6. The Hall–Kier alpha value is -8.48. The molecule has 5 aromatic heterocycles. The minimum atomic E-state index is 0.840. The van der Waals surface area contributed by atoms with E-state index in [9.17, 15) is 0 Å². The van der Waals surface area contributed by atoms with Crippen molar-refractivity contribution in [1.82, 2.24) is 24.9 Å². The van der Waals surface area contributed by atoms with Crippen LogP contribution in [-0.4, -0.2) is 37.7 Å². The number of nitrogens with zero attached hydrogens (tertiary/aromatic N) is 6. The first-order valence-electron chi connectivity index (χ1n) is 22.8. The second kappa shape index (κ2) is 19.7. The molecule has 5 heterocycles. The number of benzene rings is 4. The lowest BCUT2D eigenvalue weighted by atomic mass is 9.85. The molecule has 4 aromatic carbocycles. The summed E-state index contributed by atoms with van der Waals surface area (Å²) < 4.78 is 0. The lowest BCUT2D eigenvalue weighted by Gasteiger charge is -2.20.